The second-order valence-electron chi connectivity index (χ2n) is 4.78. The first-order valence-corrected chi connectivity index (χ1v) is 7.25. The number of halogens is 5. The van der Waals surface area contributed by atoms with E-state index < -0.39 is 29.2 Å². The van der Waals surface area contributed by atoms with Gasteiger partial charge in [-0.2, -0.15) is 22.5 Å². The largest absolute Gasteiger partial charge is 0.380 e. The summed E-state index contributed by atoms with van der Waals surface area (Å²) in [6.07, 6.45) is 0.221. The van der Waals surface area contributed by atoms with Gasteiger partial charge in [0.2, 0.25) is 17.5 Å². The smallest absolute Gasteiger partial charge is 0.253 e. The summed E-state index contributed by atoms with van der Waals surface area (Å²) < 4.78 is 52.5. The average molecular weight is 362 g/mol. The van der Waals surface area contributed by atoms with Crippen LogP contribution in [0.15, 0.2) is 24.3 Å². The van der Waals surface area contributed by atoms with E-state index in [0.29, 0.717) is 10.7 Å². The predicted octanol–water partition coefficient (Wildman–Crippen LogP) is 4.12. The maximum absolute atomic E-state index is 13.4. The van der Waals surface area contributed by atoms with E-state index in [-0.39, 0.29) is 25.3 Å². The van der Waals surface area contributed by atoms with E-state index in [1.54, 1.807) is 24.3 Å². The lowest BCUT2D eigenvalue weighted by molar-refractivity contribution is -0.116. The summed E-state index contributed by atoms with van der Waals surface area (Å²) in [4.78, 5) is 14.1. The Bertz CT molecular complexity index is 714. The molecule has 9 heteroatoms. The van der Waals surface area contributed by atoms with Gasteiger partial charge in [0.05, 0.1) is 0 Å². The molecule has 1 aromatic carbocycles. The molecule has 0 saturated heterocycles. The molecule has 0 aliphatic heterocycles. The molecule has 0 aliphatic rings. The molecule has 2 N–H and O–H groups in total. The van der Waals surface area contributed by atoms with Gasteiger partial charge in [-0.05, 0) is 30.7 Å². The van der Waals surface area contributed by atoms with E-state index in [2.05, 4.69) is 15.6 Å². The summed E-state index contributed by atoms with van der Waals surface area (Å²) in [7, 11) is 0. The minimum atomic E-state index is -1.74. The summed E-state index contributed by atoms with van der Waals surface area (Å²) >= 11 is 5.72. The van der Waals surface area contributed by atoms with Crippen LogP contribution in [0.5, 0.6) is 0 Å². The van der Waals surface area contributed by atoms with Crippen molar-refractivity contribution in [1.82, 2.24) is 4.98 Å². The third kappa shape index (κ3) is 4.58. The molecule has 0 radical (unpaired) electrons. The highest BCUT2D eigenvalue weighted by Gasteiger charge is 2.20. The Labute approximate surface area is 139 Å². The first kappa shape index (κ1) is 18.0. The quantitative estimate of drug-likeness (QED) is 0.462. The average Bonchev–Trinajstić information content (AvgIpc) is 2.54. The Morgan fingerprint density at radius 2 is 1.62 bits per heavy atom. The number of rotatable bonds is 6. The molecule has 0 saturated carbocycles. The first-order chi connectivity index (χ1) is 11.4. The molecule has 0 fully saturated rings. The van der Waals surface area contributed by atoms with Gasteiger partial charge in [-0.25, -0.2) is 0 Å². The summed E-state index contributed by atoms with van der Waals surface area (Å²) in [6.45, 7) is -0.0647. The SMILES string of the molecule is O=C(CCCNc1c(F)c(F)nc(F)c1F)Nc1ccc(Cl)cc1. The Kier molecular flexibility index (Phi) is 5.97. The maximum atomic E-state index is 13.4. The zero-order chi connectivity index (χ0) is 17.7. The van der Waals surface area contributed by atoms with Crippen molar-refractivity contribution in [3.05, 3.63) is 52.8 Å². The zero-order valence-electron chi connectivity index (χ0n) is 12.2. The molecular weight excluding hydrogens is 350 g/mol. The van der Waals surface area contributed by atoms with E-state index in [4.69, 9.17) is 11.6 Å². The maximum Gasteiger partial charge on any atom is 0.253 e. The Balaban J connectivity index is 1.83. The van der Waals surface area contributed by atoms with Crippen LogP contribution in [-0.4, -0.2) is 17.4 Å². The molecule has 1 heterocycles. The van der Waals surface area contributed by atoms with Crippen LogP contribution in [0.2, 0.25) is 5.02 Å². The fraction of sp³-hybridized carbons (Fsp3) is 0.200. The van der Waals surface area contributed by atoms with Crippen molar-refractivity contribution in [2.75, 3.05) is 17.2 Å². The monoisotopic (exact) mass is 361 g/mol. The number of carbonyl (C=O) groups excluding carboxylic acids is 1. The van der Waals surface area contributed by atoms with Crippen LogP contribution >= 0.6 is 11.6 Å². The summed E-state index contributed by atoms with van der Waals surface area (Å²) in [5.41, 5.74) is -0.397. The number of pyridine rings is 1. The third-order valence-corrected chi connectivity index (χ3v) is 3.26. The Hall–Kier alpha value is -2.35. The van der Waals surface area contributed by atoms with Gasteiger partial charge in [-0.1, -0.05) is 11.6 Å². The minimum absolute atomic E-state index is 0.0366. The van der Waals surface area contributed by atoms with Crippen LogP contribution in [0.25, 0.3) is 0 Å². The fourth-order valence-corrected chi connectivity index (χ4v) is 1.99. The minimum Gasteiger partial charge on any atom is -0.380 e. The van der Waals surface area contributed by atoms with Crippen LogP contribution in [0.4, 0.5) is 28.9 Å². The number of hydrogen-bond donors (Lipinski definition) is 2. The molecule has 24 heavy (non-hydrogen) atoms. The summed E-state index contributed by atoms with van der Waals surface area (Å²) in [5, 5.41) is 5.35. The van der Waals surface area contributed by atoms with Crippen molar-refractivity contribution in [1.29, 1.82) is 0 Å². The molecule has 2 rings (SSSR count). The van der Waals surface area contributed by atoms with Gasteiger partial charge in [0.15, 0.2) is 0 Å². The van der Waals surface area contributed by atoms with Crippen molar-refractivity contribution in [2.45, 2.75) is 12.8 Å². The number of amides is 1. The van der Waals surface area contributed by atoms with Gasteiger partial charge in [0.1, 0.15) is 5.69 Å². The lowest BCUT2D eigenvalue weighted by Crippen LogP contribution is -2.15. The number of anilines is 2. The molecular formula is C15H12ClF4N3O. The normalized spacial score (nSPS) is 10.5. The summed E-state index contributed by atoms with van der Waals surface area (Å²) in [5.74, 6) is -7.03. The molecule has 2 aromatic rings. The van der Waals surface area contributed by atoms with Gasteiger partial charge in [0, 0.05) is 23.7 Å². The first-order valence-electron chi connectivity index (χ1n) is 6.87. The summed E-state index contributed by atoms with van der Waals surface area (Å²) in [6, 6.07) is 6.45. The van der Waals surface area contributed by atoms with Gasteiger partial charge in [0.25, 0.3) is 11.9 Å². The lowest BCUT2D eigenvalue weighted by atomic mass is 10.2. The van der Waals surface area contributed by atoms with Crippen molar-refractivity contribution in [3.8, 4) is 0 Å². The number of hydrogen-bond acceptors (Lipinski definition) is 3. The number of carbonyl (C=O) groups is 1. The second-order valence-corrected chi connectivity index (χ2v) is 5.22. The standard InChI is InChI=1S/C15H12ClF4N3O/c16-8-3-5-9(6-4-8)22-10(24)2-1-7-21-13-11(17)14(19)23-15(20)12(13)18/h3-6H,1-2,7H2,(H,21,23)(H,22,24). The van der Waals surface area contributed by atoms with Gasteiger partial charge in [-0.15, -0.1) is 0 Å². The predicted molar refractivity (Wildman–Crippen MR) is 81.9 cm³/mol. The molecule has 0 bridgehead atoms. The van der Waals surface area contributed by atoms with E-state index in [9.17, 15) is 22.4 Å². The molecule has 1 amide bonds. The van der Waals surface area contributed by atoms with Gasteiger partial charge in [-0.3, -0.25) is 4.79 Å². The number of benzene rings is 1. The molecule has 0 aliphatic carbocycles. The van der Waals surface area contributed by atoms with Crippen molar-refractivity contribution >= 4 is 28.9 Å². The molecule has 1 aromatic heterocycles. The van der Waals surface area contributed by atoms with Gasteiger partial charge < -0.3 is 10.6 Å². The highest BCUT2D eigenvalue weighted by Crippen LogP contribution is 2.22. The molecule has 4 nitrogen and oxygen atoms in total. The highest BCUT2D eigenvalue weighted by atomic mass is 35.5. The zero-order valence-corrected chi connectivity index (χ0v) is 12.9. The van der Waals surface area contributed by atoms with Crippen molar-refractivity contribution in [2.24, 2.45) is 0 Å². The van der Waals surface area contributed by atoms with Crippen molar-refractivity contribution < 1.29 is 22.4 Å². The van der Waals surface area contributed by atoms with E-state index in [0.717, 1.165) is 0 Å². The molecule has 0 spiro atoms. The van der Waals surface area contributed by atoms with Crippen LogP contribution in [0, 0.1) is 23.5 Å². The second kappa shape index (κ2) is 7.96. The van der Waals surface area contributed by atoms with Gasteiger partial charge >= 0.3 is 0 Å². The lowest BCUT2D eigenvalue weighted by Gasteiger charge is -2.09. The fourth-order valence-electron chi connectivity index (χ4n) is 1.86. The topological polar surface area (TPSA) is 54.0 Å². The van der Waals surface area contributed by atoms with Crippen LogP contribution in [-0.2, 0) is 4.79 Å². The number of nitrogens with one attached hydrogen (secondary N) is 2. The van der Waals surface area contributed by atoms with E-state index in [1.807, 2.05) is 0 Å². The van der Waals surface area contributed by atoms with E-state index >= 15 is 0 Å². The number of nitrogens with zero attached hydrogens (tertiary/aromatic N) is 1. The molecule has 128 valence electrons. The Morgan fingerprint density at radius 3 is 2.21 bits per heavy atom. The number of aromatic nitrogens is 1. The highest BCUT2D eigenvalue weighted by molar-refractivity contribution is 6.30. The molecule has 0 atom stereocenters. The van der Waals surface area contributed by atoms with E-state index in [1.165, 1.54) is 0 Å². The third-order valence-electron chi connectivity index (χ3n) is 3.01. The Morgan fingerprint density at radius 1 is 1.04 bits per heavy atom. The van der Waals surface area contributed by atoms with Crippen LogP contribution in [0.3, 0.4) is 0 Å². The van der Waals surface area contributed by atoms with Crippen LogP contribution in [0.1, 0.15) is 12.8 Å². The van der Waals surface area contributed by atoms with Crippen LogP contribution < -0.4 is 10.6 Å². The molecule has 0 unspecified atom stereocenters. The van der Waals surface area contributed by atoms with Crippen molar-refractivity contribution in [3.63, 3.8) is 0 Å².